The van der Waals surface area contributed by atoms with Gasteiger partial charge in [0.2, 0.25) is 11.0 Å². The van der Waals surface area contributed by atoms with Crippen LogP contribution in [0.5, 0.6) is 5.75 Å². The lowest BCUT2D eigenvalue weighted by Crippen LogP contribution is -2.15. The summed E-state index contributed by atoms with van der Waals surface area (Å²) >= 11 is 1.37. The summed E-state index contributed by atoms with van der Waals surface area (Å²) in [5, 5.41) is 8.56. The van der Waals surface area contributed by atoms with Crippen molar-refractivity contribution in [2.75, 3.05) is 5.84 Å². The topological polar surface area (TPSA) is 92.0 Å². The highest BCUT2D eigenvalue weighted by molar-refractivity contribution is 7.98. The second kappa shape index (κ2) is 7.35. The van der Waals surface area contributed by atoms with Crippen LogP contribution in [0.2, 0.25) is 0 Å². The Kier molecular flexibility index (Phi) is 4.99. The van der Waals surface area contributed by atoms with E-state index >= 15 is 0 Å². The molecule has 0 fully saturated rings. The summed E-state index contributed by atoms with van der Waals surface area (Å²) in [5.74, 6) is 8.60. The maximum absolute atomic E-state index is 12.8. The van der Waals surface area contributed by atoms with E-state index in [1.807, 2.05) is 6.92 Å². The molecule has 2 N–H and O–H groups in total. The number of nitrogens with two attached hydrogens (primary N) is 1. The van der Waals surface area contributed by atoms with Crippen LogP contribution in [-0.4, -0.2) is 19.9 Å². The molecule has 0 spiro atoms. The quantitative estimate of drug-likeness (QED) is 0.517. The van der Waals surface area contributed by atoms with E-state index in [2.05, 4.69) is 15.2 Å². The van der Waals surface area contributed by atoms with Crippen LogP contribution < -0.4 is 10.6 Å². The van der Waals surface area contributed by atoms with Crippen LogP contribution in [0, 0.1) is 5.82 Å². The fourth-order valence-corrected chi connectivity index (χ4v) is 2.62. The molecule has 2 heterocycles. The van der Waals surface area contributed by atoms with Gasteiger partial charge in [-0.05, 0) is 24.3 Å². The Morgan fingerprint density at radius 3 is 2.79 bits per heavy atom. The van der Waals surface area contributed by atoms with Crippen molar-refractivity contribution < 1.29 is 13.5 Å². The molecule has 3 aromatic rings. The first-order valence-corrected chi connectivity index (χ1v) is 8.28. The van der Waals surface area contributed by atoms with E-state index in [9.17, 15) is 4.39 Å². The Balaban J connectivity index is 1.57. The molecule has 0 aliphatic carbocycles. The van der Waals surface area contributed by atoms with Crippen LogP contribution in [-0.2, 0) is 18.8 Å². The lowest BCUT2D eigenvalue weighted by Gasteiger charge is -2.06. The monoisotopic (exact) mass is 349 g/mol. The number of aryl methyl sites for hydroxylation is 1. The van der Waals surface area contributed by atoms with E-state index in [0.717, 1.165) is 12.2 Å². The molecule has 3 rings (SSSR count). The number of aromatic nitrogens is 4. The summed E-state index contributed by atoms with van der Waals surface area (Å²) in [6.07, 6.45) is 2.51. The van der Waals surface area contributed by atoms with Crippen LogP contribution >= 0.6 is 11.8 Å². The van der Waals surface area contributed by atoms with Crippen LogP contribution in [0.15, 0.2) is 40.0 Å². The van der Waals surface area contributed by atoms with Crippen molar-refractivity contribution in [2.45, 2.75) is 30.9 Å². The number of hydrogen-bond donors (Lipinski definition) is 1. The van der Waals surface area contributed by atoms with Crippen molar-refractivity contribution in [3.05, 3.63) is 53.8 Å². The van der Waals surface area contributed by atoms with Crippen molar-refractivity contribution >= 4 is 11.8 Å². The predicted octanol–water partition coefficient (Wildman–Crippen LogP) is 2.55. The van der Waals surface area contributed by atoms with Crippen molar-refractivity contribution in [1.82, 2.24) is 19.9 Å². The van der Waals surface area contributed by atoms with Gasteiger partial charge in [-0.2, -0.15) is 0 Å². The van der Waals surface area contributed by atoms with Gasteiger partial charge in [-0.25, -0.2) is 14.1 Å². The van der Waals surface area contributed by atoms with E-state index in [-0.39, 0.29) is 12.4 Å². The molecule has 0 aliphatic heterocycles. The maximum Gasteiger partial charge on any atom is 0.210 e. The Hall–Kier alpha value is -2.55. The minimum absolute atomic E-state index is 0.134. The summed E-state index contributed by atoms with van der Waals surface area (Å²) in [6.45, 7) is 2.13. The summed E-state index contributed by atoms with van der Waals surface area (Å²) in [6, 6.07) is 5.72. The van der Waals surface area contributed by atoms with Gasteiger partial charge in [-0.1, -0.05) is 18.7 Å². The molecule has 7 nitrogen and oxygen atoms in total. The number of thioether (sulfide) groups is 1. The number of ether oxygens (including phenoxy) is 1. The molecule has 0 saturated carbocycles. The van der Waals surface area contributed by atoms with Gasteiger partial charge in [0.25, 0.3) is 0 Å². The fraction of sp³-hybridized carbons (Fsp3) is 0.267. The summed E-state index contributed by atoms with van der Waals surface area (Å²) in [4.78, 5) is 4.18. The number of hydrogen-bond acceptors (Lipinski definition) is 7. The molecule has 0 saturated heterocycles. The lowest BCUT2D eigenvalue weighted by atomic mass is 10.3. The number of benzene rings is 1. The van der Waals surface area contributed by atoms with Crippen LogP contribution in [0.25, 0.3) is 0 Å². The van der Waals surface area contributed by atoms with Gasteiger partial charge < -0.3 is 15.0 Å². The zero-order valence-corrected chi connectivity index (χ0v) is 13.8. The van der Waals surface area contributed by atoms with E-state index in [0.29, 0.717) is 28.4 Å². The number of oxazole rings is 1. The van der Waals surface area contributed by atoms with E-state index < -0.39 is 0 Å². The van der Waals surface area contributed by atoms with Crippen molar-refractivity contribution in [2.24, 2.45) is 0 Å². The molecule has 0 aliphatic rings. The molecule has 126 valence electrons. The van der Waals surface area contributed by atoms with Gasteiger partial charge >= 0.3 is 0 Å². The summed E-state index contributed by atoms with van der Waals surface area (Å²) < 4.78 is 25.3. The molecule has 2 aromatic heterocycles. The van der Waals surface area contributed by atoms with Crippen LogP contribution in [0.3, 0.4) is 0 Å². The minimum Gasteiger partial charge on any atom is -0.486 e. The maximum atomic E-state index is 12.8. The molecule has 0 amide bonds. The number of rotatable bonds is 7. The highest BCUT2D eigenvalue weighted by Gasteiger charge is 2.12. The van der Waals surface area contributed by atoms with Gasteiger partial charge in [-0.3, -0.25) is 0 Å². The lowest BCUT2D eigenvalue weighted by molar-refractivity contribution is 0.291. The number of nitrogen functional groups attached to an aromatic ring is 1. The highest BCUT2D eigenvalue weighted by Crippen LogP contribution is 2.21. The van der Waals surface area contributed by atoms with Gasteiger partial charge in [0, 0.05) is 6.42 Å². The zero-order chi connectivity index (χ0) is 16.9. The van der Waals surface area contributed by atoms with E-state index in [1.165, 1.54) is 40.7 Å². The normalized spacial score (nSPS) is 10.9. The molecule has 0 unspecified atom stereocenters. The third-order valence-corrected chi connectivity index (χ3v) is 4.12. The first kappa shape index (κ1) is 16.3. The molecule has 0 bridgehead atoms. The Morgan fingerprint density at radius 2 is 2.08 bits per heavy atom. The predicted molar refractivity (Wildman–Crippen MR) is 86.3 cm³/mol. The Morgan fingerprint density at radius 1 is 1.29 bits per heavy atom. The SMILES string of the molecule is CCc1cnc(CSc2nnc(COc3ccc(F)cc3)n2N)o1. The minimum atomic E-state index is -0.319. The molecular formula is C15H16FN5O2S. The first-order chi connectivity index (χ1) is 11.7. The van der Waals surface area contributed by atoms with Crippen molar-refractivity contribution in [3.63, 3.8) is 0 Å². The average Bonchev–Trinajstić information content (AvgIpc) is 3.19. The van der Waals surface area contributed by atoms with Crippen molar-refractivity contribution in [1.29, 1.82) is 0 Å². The smallest absolute Gasteiger partial charge is 0.210 e. The van der Waals surface area contributed by atoms with Crippen LogP contribution in [0.1, 0.15) is 24.4 Å². The van der Waals surface area contributed by atoms with Gasteiger partial charge in [0.1, 0.15) is 23.9 Å². The number of nitrogens with zero attached hydrogens (tertiary/aromatic N) is 4. The molecular weight excluding hydrogens is 333 g/mol. The first-order valence-electron chi connectivity index (χ1n) is 7.30. The average molecular weight is 349 g/mol. The third kappa shape index (κ3) is 3.85. The molecule has 0 atom stereocenters. The second-order valence-corrected chi connectivity index (χ2v) is 5.82. The molecule has 0 radical (unpaired) electrons. The highest BCUT2D eigenvalue weighted by atomic mass is 32.2. The van der Waals surface area contributed by atoms with Crippen LogP contribution in [0.4, 0.5) is 4.39 Å². The summed E-state index contributed by atoms with van der Waals surface area (Å²) in [5.41, 5.74) is 0. The molecule has 1 aromatic carbocycles. The van der Waals surface area contributed by atoms with E-state index in [1.54, 1.807) is 6.20 Å². The van der Waals surface area contributed by atoms with Gasteiger partial charge in [-0.15, -0.1) is 10.2 Å². The van der Waals surface area contributed by atoms with E-state index in [4.69, 9.17) is 15.0 Å². The molecule has 9 heteroatoms. The Bertz CT molecular complexity index is 803. The number of halogens is 1. The fourth-order valence-electron chi connectivity index (χ4n) is 1.89. The third-order valence-electron chi connectivity index (χ3n) is 3.19. The second-order valence-electron chi connectivity index (χ2n) is 4.87. The van der Waals surface area contributed by atoms with Gasteiger partial charge in [0.15, 0.2) is 5.82 Å². The molecule has 24 heavy (non-hydrogen) atoms. The van der Waals surface area contributed by atoms with Gasteiger partial charge in [0.05, 0.1) is 11.9 Å². The zero-order valence-electron chi connectivity index (χ0n) is 13.0. The Labute approximate surface area is 142 Å². The van der Waals surface area contributed by atoms with Crippen molar-refractivity contribution in [3.8, 4) is 5.75 Å². The largest absolute Gasteiger partial charge is 0.486 e. The standard InChI is InChI=1S/C15H16FN5O2S/c1-2-11-7-18-14(23-11)9-24-15-20-19-13(21(15)17)8-22-12-5-3-10(16)4-6-12/h3-7H,2,8-9,17H2,1H3. The summed E-state index contributed by atoms with van der Waals surface area (Å²) in [7, 11) is 0.